The van der Waals surface area contributed by atoms with Gasteiger partial charge in [-0.05, 0) is 13.2 Å². The average Bonchev–Trinajstić information content (AvgIpc) is 2.46. The van der Waals surface area contributed by atoms with Crippen LogP contribution in [0.4, 0.5) is 5.13 Å². The molecule has 0 saturated carbocycles. The van der Waals surface area contributed by atoms with E-state index in [-0.39, 0.29) is 15.2 Å². The first-order valence-electron chi connectivity index (χ1n) is 4.05. The maximum Gasteiger partial charge on any atom is 0.272 e. The Morgan fingerprint density at radius 2 is 2.25 bits per heavy atom. The van der Waals surface area contributed by atoms with Crippen LogP contribution in [0.25, 0.3) is 0 Å². The van der Waals surface area contributed by atoms with Crippen LogP contribution in [0.3, 0.4) is 0 Å². The van der Waals surface area contributed by atoms with E-state index in [1.165, 1.54) is 18.7 Å². The molecule has 1 N–H and O–H groups in total. The van der Waals surface area contributed by atoms with Crippen LogP contribution in [0.5, 0.6) is 0 Å². The van der Waals surface area contributed by atoms with E-state index < -0.39 is 9.05 Å². The fourth-order valence-electron chi connectivity index (χ4n) is 0.949. The first kappa shape index (κ1) is 13.8. The van der Waals surface area contributed by atoms with Crippen molar-refractivity contribution in [1.29, 1.82) is 0 Å². The van der Waals surface area contributed by atoms with Crippen molar-refractivity contribution in [2.45, 2.75) is 11.1 Å². The number of nitrogens with zero attached hydrogens (tertiary/aromatic N) is 1. The maximum atomic E-state index is 11.2. The zero-order valence-corrected chi connectivity index (χ0v) is 11.7. The van der Waals surface area contributed by atoms with Gasteiger partial charge in [0.15, 0.2) is 9.34 Å². The van der Waals surface area contributed by atoms with Gasteiger partial charge in [0.2, 0.25) is 5.91 Å². The summed E-state index contributed by atoms with van der Waals surface area (Å²) in [6.45, 7) is 1.52. The minimum atomic E-state index is -3.79. The number of nitrogens with one attached hydrogen (secondary N) is 1. The van der Waals surface area contributed by atoms with Gasteiger partial charge in [-0.1, -0.05) is 11.3 Å². The van der Waals surface area contributed by atoms with Crippen LogP contribution in [-0.2, 0) is 13.8 Å². The molecular formula is C7H9ClN2O3S3. The van der Waals surface area contributed by atoms with Crippen LogP contribution in [0.15, 0.2) is 4.21 Å². The second-order valence-electron chi connectivity index (χ2n) is 2.81. The van der Waals surface area contributed by atoms with E-state index >= 15 is 0 Å². The van der Waals surface area contributed by atoms with Crippen molar-refractivity contribution in [2.24, 2.45) is 0 Å². The number of hydrogen-bond acceptors (Lipinski definition) is 6. The molecule has 1 amide bonds. The van der Waals surface area contributed by atoms with E-state index in [2.05, 4.69) is 10.3 Å². The number of carbonyl (C=O) groups is 1. The molecule has 0 atom stereocenters. The lowest BCUT2D eigenvalue weighted by atomic mass is 10.6. The van der Waals surface area contributed by atoms with Crippen molar-refractivity contribution in [3.63, 3.8) is 0 Å². The summed E-state index contributed by atoms with van der Waals surface area (Å²) < 4.78 is 22.2. The monoisotopic (exact) mass is 300 g/mol. The Morgan fingerprint density at radius 1 is 1.62 bits per heavy atom. The molecule has 0 radical (unpaired) electrons. The van der Waals surface area contributed by atoms with E-state index in [9.17, 15) is 13.2 Å². The number of aromatic nitrogens is 1. The number of thioether (sulfide) groups is 1. The summed E-state index contributed by atoms with van der Waals surface area (Å²) in [5.41, 5.74) is 0.291. The van der Waals surface area contributed by atoms with Crippen molar-refractivity contribution in [3.8, 4) is 0 Å². The molecule has 1 aromatic heterocycles. The normalized spacial score (nSPS) is 11.4. The highest BCUT2D eigenvalue weighted by Gasteiger charge is 2.19. The molecule has 0 aliphatic carbocycles. The predicted octanol–water partition coefficient (Wildman–Crippen LogP) is 1.68. The van der Waals surface area contributed by atoms with Gasteiger partial charge in [-0.2, -0.15) is 11.8 Å². The summed E-state index contributed by atoms with van der Waals surface area (Å²) in [5, 5.41) is 2.75. The molecule has 1 heterocycles. The van der Waals surface area contributed by atoms with Crippen molar-refractivity contribution in [3.05, 3.63) is 5.69 Å². The zero-order chi connectivity index (χ0) is 12.3. The summed E-state index contributed by atoms with van der Waals surface area (Å²) in [4.78, 5) is 15.1. The molecule has 0 aliphatic heterocycles. The van der Waals surface area contributed by atoms with Gasteiger partial charge >= 0.3 is 0 Å². The molecule has 1 aromatic rings. The van der Waals surface area contributed by atoms with E-state index in [1.54, 1.807) is 6.26 Å². The average molecular weight is 301 g/mol. The second-order valence-corrected chi connectivity index (χ2v) is 7.44. The number of rotatable bonds is 4. The highest BCUT2D eigenvalue weighted by Crippen LogP contribution is 2.29. The van der Waals surface area contributed by atoms with Crippen molar-refractivity contribution in [2.75, 3.05) is 17.3 Å². The van der Waals surface area contributed by atoms with Crippen LogP contribution in [0.1, 0.15) is 5.69 Å². The van der Waals surface area contributed by atoms with Gasteiger partial charge in [-0.25, -0.2) is 13.4 Å². The standard InChI is InChI=1S/C7H9ClN2O3S3/c1-4-6(16(8,12)13)15-7(9-4)10-5(11)3-14-2/h3H2,1-2H3,(H,9,10,11). The molecule has 9 heteroatoms. The third-order valence-corrected chi connectivity index (χ3v) is 5.30. The second kappa shape index (κ2) is 5.35. The fraction of sp³-hybridized carbons (Fsp3) is 0.429. The molecular weight excluding hydrogens is 292 g/mol. The molecule has 0 bridgehead atoms. The number of halogens is 1. The first-order chi connectivity index (χ1) is 7.34. The number of thiazole rings is 1. The summed E-state index contributed by atoms with van der Waals surface area (Å²) in [7, 11) is 1.41. The van der Waals surface area contributed by atoms with Gasteiger partial charge in [-0.15, -0.1) is 0 Å². The topological polar surface area (TPSA) is 76.1 Å². The fourth-order valence-corrected chi connectivity index (χ4v) is 3.65. The predicted molar refractivity (Wildman–Crippen MR) is 66.9 cm³/mol. The highest BCUT2D eigenvalue weighted by molar-refractivity contribution is 8.15. The van der Waals surface area contributed by atoms with E-state index in [0.717, 1.165) is 11.3 Å². The number of amides is 1. The number of anilines is 1. The highest BCUT2D eigenvalue weighted by atomic mass is 35.7. The number of hydrogen-bond donors (Lipinski definition) is 1. The van der Waals surface area contributed by atoms with Crippen LogP contribution in [-0.4, -0.2) is 31.3 Å². The molecule has 0 aromatic carbocycles. The molecule has 0 fully saturated rings. The largest absolute Gasteiger partial charge is 0.301 e. The third kappa shape index (κ3) is 3.62. The molecule has 0 unspecified atom stereocenters. The van der Waals surface area contributed by atoms with Gasteiger partial charge in [-0.3, -0.25) is 4.79 Å². The van der Waals surface area contributed by atoms with Crippen LogP contribution in [0, 0.1) is 6.92 Å². The Balaban J connectivity index is 2.90. The first-order valence-corrected chi connectivity index (χ1v) is 8.57. The van der Waals surface area contributed by atoms with Crippen LogP contribution in [0.2, 0.25) is 0 Å². The molecule has 5 nitrogen and oxygen atoms in total. The maximum absolute atomic E-state index is 11.2. The quantitative estimate of drug-likeness (QED) is 0.856. The molecule has 0 aliphatic rings. The Hall–Kier alpha value is -0.310. The lowest BCUT2D eigenvalue weighted by Crippen LogP contribution is -2.13. The summed E-state index contributed by atoms with van der Waals surface area (Å²) >= 11 is 2.21. The third-order valence-electron chi connectivity index (χ3n) is 1.50. The zero-order valence-electron chi connectivity index (χ0n) is 8.48. The van der Waals surface area contributed by atoms with E-state index in [4.69, 9.17) is 10.7 Å². The van der Waals surface area contributed by atoms with Crippen molar-refractivity contribution < 1.29 is 13.2 Å². The molecule has 16 heavy (non-hydrogen) atoms. The minimum Gasteiger partial charge on any atom is -0.301 e. The van der Waals surface area contributed by atoms with Crippen LogP contribution >= 0.6 is 33.8 Å². The Labute approximate surface area is 106 Å². The summed E-state index contributed by atoms with van der Waals surface area (Å²) in [6.07, 6.45) is 1.79. The SMILES string of the molecule is CSCC(=O)Nc1nc(C)c(S(=O)(=O)Cl)s1. The van der Waals surface area contributed by atoms with E-state index in [1.807, 2.05) is 0 Å². The van der Waals surface area contributed by atoms with Crippen LogP contribution < -0.4 is 5.32 Å². The molecule has 1 rings (SSSR count). The Morgan fingerprint density at radius 3 is 2.69 bits per heavy atom. The van der Waals surface area contributed by atoms with Gasteiger partial charge in [0.05, 0.1) is 11.4 Å². The minimum absolute atomic E-state index is 0.0337. The van der Waals surface area contributed by atoms with Gasteiger partial charge in [0.1, 0.15) is 0 Å². The Bertz CT molecular complexity index is 497. The van der Waals surface area contributed by atoms with Gasteiger partial charge < -0.3 is 5.32 Å². The smallest absolute Gasteiger partial charge is 0.272 e. The van der Waals surface area contributed by atoms with E-state index in [0.29, 0.717) is 11.4 Å². The van der Waals surface area contributed by atoms with Crippen molar-refractivity contribution >= 4 is 53.9 Å². The van der Waals surface area contributed by atoms with Crippen molar-refractivity contribution in [1.82, 2.24) is 4.98 Å². The van der Waals surface area contributed by atoms with Gasteiger partial charge in [0.25, 0.3) is 9.05 Å². The number of carbonyl (C=O) groups excluding carboxylic acids is 1. The van der Waals surface area contributed by atoms with Gasteiger partial charge in [0, 0.05) is 10.7 Å². The number of aryl methyl sites for hydroxylation is 1. The lowest BCUT2D eigenvalue weighted by molar-refractivity contribution is -0.113. The molecule has 0 spiro atoms. The molecule has 0 saturated heterocycles. The lowest BCUT2D eigenvalue weighted by Gasteiger charge is -1.97. The summed E-state index contributed by atoms with van der Waals surface area (Å²) in [5.74, 6) is 0.0708. The molecule has 90 valence electrons. The summed E-state index contributed by atoms with van der Waals surface area (Å²) in [6, 6.07) is 0. The Kier molecular flexibility index (Phi) is 4.60.